The normalized spacial score (nSPS) is 13.8. The highest BCUT2D eigenvalue weighted by atomic mass is 19.1. The number of nitrogens with one attached hydrogen (secondary N) is 1. The van der Waals surface area contributed by atoms with Crippen molar-refractivity contribution < 1.29 is 9.13 Å². The average Bonchev–Trinajstić information content (AvgIpc) is 2.47. The Bertz CT molecular complexity index is 560. The number of benzene rings is 1. The van der Waals surface area contributed by atoms with Crippen LogP contribution in [-0.4, -0.2) is 12.1 Å². The quantitative estimate of drug-likeness (QED) is 0.903. The van der Waals surface area contributed by atoms with Crippen LogP contribution in [-0.2, 0) is 0 Å². The Labute approximate surface area is 118 Å². The van der Waals surface area contributed by atoms with Crippen LogP contribution < -0.4 is 10.1 Å². The van der Waals surface area contributed by atoms with E-state index in [1.165, 1.54) is 6.07 Å². The van der Waals surface area contributed by atoms with E-state index < -0.39 is 0 Å². The molecule has 1 heterocycles. The molecule has 106 valence electrons. The number of rotatable bonds is 5. The molecule has 2 rings (SSSR count). The zero-order valence-corrected chi connectivity index (χ0v) is 11.9. The molecule has 0 aliphatic rings. The highest BCUT2D eigenvalue weighted by Gasteiger charge is 2.18. The van der Waals surface area contributed by atoms with Crippen molar-refractivity contribution in [1.29, 1.82) is 0 Å². The third-order valence-electron chi connectivity index (χ3n) is 3.30. The van der Waals surface area contributed by atoms with Gasteiger partial charge in [0, 0.05) is 23.8 Å². The van der Waals surface area contributed by atoms with Gasteiger partial charge < -0.3 is 10.1 Å². The first-order valence-corrected chi connectivity index (χ1v) is 6.63. The highest BCUT2D eigenvalue weighted by Crippen LogP contribution is 2.29. The van der Waals surface area contributed by atoms with Gasteiger partial charge in [0.15, 0.2) is 0 Å². The molecule has 0 amide bonds. The van der Waals surface area contributed by atoms with Crippen molar-refractivity contribution >= 4 is 0 Å². The van der Waals surface area contributed by atoms with E-state index >= 15 is 0 Å². The van der Waals surface area contributed by atoms with Gasteiger partial charge in [-0.1, -0.05) is 12.1 Å². The lowest BCUT2D eigenvalue weighted by molar-refractivity contribution is 0.386. The molecule has 0 aliphatic carbocycles. The third kappa shape index (κ3) is 3.14. The summed E-state index contributed by atoms with van der Waals surface area (Å²) in [7, 11) is 1.55. The number of halogens is 1. The Morgan fingerprint density at radius 1 is 1.10 bits per heavy atom. The van der Waals surface area contributed by atoms with Gasteiger partial charge in [0.25, 0.3) is 0 Å². The van der Waals surface area contributed by atoms with Gasteiger partial charge in [0.1, 0.15) is 11.6 Å². The summed E-state index contributed by atoms with van der Waals surface area (Å²) < 4.78 is 19.2. The van der Waals surface area contributed by atoms with Crippen molar-refractivity contribution in [3.05, 3.63) is 59.7 Å². The van der Waals surface area contributed by atoms with E-state index in [-0.39, 0.29) is 17.9 Å². The molecule has 1 aromatic carbocycles. The van der Waals surface area contributed by atoms with Crippen molar-refractivity contribution in [2.45, 2.75) is 25.9 Å². The van der Waals surface area contributed by atoms with E-state index in [1.54, 1.807) is 25.4 Å². The first-order valence-electron chi connectivity index (χ1n) is 6.63. The van der Waals surface area contributed by atoms with Gasteiger partial charge in [-0.15, -0.1) is 0 Å². The number of hydrogen-bond acceptors (Lipinski definition) is 3. The molecule has 0 spiro atoms. The Hall–Kier alpha value is -1.94. The van der Waals surface area contributed by atoms with E-state index in [1.807, 2.05) is 32.0 Å². The van der Waals surface area contributed by atoms with Crippen molar-refractivity contribution in [1.82, 2.24) is 10.3 Å². The minimum atomic E-state index is -0.266. The fourth-order valence-corrected chi connectivity index (χ4v) is 2.29. The van der Waals surface area contributed by atoms with E-state index in [4.69, 9.17) is 4.74 Å². The van der Waals surface area contributed by atoms with Crippen LogP contribution in [0.2, 0.25) is 0 Å². The minimum Gasteiger partial charge on any atom is -0.496 e. The Morgan fingerprint density at radius 2 is 1.90 bits per heavy atom. The van der Waals surface area contributed by atoms with Gasteiger partial charge in [0.05, 0.1) is 12.8 Å². The standard InChI is InChI=1S/C16H19FN2O/c1-11(14-8-4-5-10-18-14)19-12(2)16-13(17)7-6-9-15(16)20-3/h4-12,19H,1-3H3/t11-,12?/m0/s1. The van der Waals surface area contributed by atoms with Crippen LogP contribution >= 0.6 is 0 Å². The fourth-order valence-electron chi connectivity index (χ4n) is 2.29. The Balaban J connectivity index is 2.18. The van der Waals surface area contributed by atoms with Crippen LogP contribution in [0.3, 0.4) is 0 Å². The number of hydrogen-bond donors (Lipinski definition) is 1. The molecule has 2 aromatic rings. The van der Waals surface area contributed by atoms with Crippen LogP contribution in [0, 0.1) is 5.82 Å². The fraction of sp³-hybridized carbons (Fsp3) is 0.312. The summed E-state index contributed by atoms with van der Waals surface area (Å²) in [6.45, 7) is 3.92. The first kappa shape index (κ1) is 14.5. The van der Waals surface area contributed by atoms with Crippen LogP contribution in [0.1, 0.15) is 37.2 Å². The van der Waals surface area contributed by atoms with Gasteiger partial charge in [-0.05, 0) is 38.1 Å². The molecule has 20 heavy (non-hydrogen) atoms. The topological polar surface area (TPSA) is 34.1 Å². The maximum absolute atomic E-state index is 14.0. The summed E-state index contributed by atoms with van der Waals surface area (Å²) in [5.74, 6) is 0.288. The van der Waals surface area contributed by atoms with E-state index in [2.05, 4.69) is 10.3 Å². The second kappa shape index (κ2) is 6.48. The number of methoxy groups -OCH3 is 1. The zero-order chi connectivity index (χ0) is 14.5. The highest BCUT2D eigenvalue weighted by molar-refractivity contribution is 5.37. The van der Waals surface area contributed by atoms with Gasteiger partial charge in [-0.25, -0.2) is 4.39 Å². The maximum Gasteiger partial charge on any atom is 0.131 e. The zero-order valence-electron chi connectivity index (χ0n) is 11.9. The van der Waals surface area contributed by atoms with Crippen LogP contribution in [0.5, 0.6) is 5.75 Å². The molecule has 0 radical (unpaired) electrons. The first-order chi connectivity index (χ1) is 9.63. The molecule has 1 unspecified atom stereocenters. The monoisotopic (exact) mass is 274 g/mol. The smallest absolute Gasteiger partial charge is 0.131 e. The van der Waals surface area contributed by atoms with Crippen LogP contribution in [0.15, 0.2) is 42.6 Å². The predicted molar refractivity (Wildman–Crippen MR) is 77.2 cm³/mol. The molecular formula is C16H19FN2O. The lowest BCUT2D eigenvalue weighted by Crippen LogP contribution is -2.24. The van der Waals surface area contributed by atoms with E-state index in [0.717, 1.165) is 5.69 Å². The molecule has 2 atom stereocenters. The van der Waals surface area contributed by atoms with Crippen LogP contribution in [0.25, 0.3) is 0 Å². The summed E-state index contributed by atoms with van der Waals surface area (Å²) in [6.07, 6.45) is 1.75. The van der Waals surface area contributed by atoms with Crippen molar-refractivity contribution in [2.75, 3.05) is 7.11 Å². The molecule has 0 saturated heterocycles. The summed E-state index contributed by atoms with van der Waals surface area (Å²) in [6, 6.07) is 10.5. The molecule has 0 fully saturated rings. The molecule has 0 saturated carbocycles. The second-order valence-corrected chi connectivity index (χ2v) is 4.72. The molecule has 1 N–H and O–H groups in total. The van der Waals surface area contributed by atoms with Gasteiger partial charge in [-0.2, -0.15) is 0 Å². The molecule has 3 nitrogen and oxygen atoms in total. The summed E-state index contributed by atoms with van der Waals surface area (Å²) in [4.78, 5) is 4.30. The lowest BCUT2D eigenvalue weighted by atomic mass is 10.0. The second-order valence-electron chi connectivity index (χ2n) is 4.72. The molecule has 4 heteroatoms. The number of aromatic nitrogens is 1. The number of ether oxygens (including phenoxy) is 1. The summed E-state index contributed by atoms with van der Waals surface area (Å²) >= 11 is 0. The van der Waals surface area contributed by atoms with Gasteiger partial charge in [-0.3, -0.25) is 4.98 Å². The molecule has 1 aromatic heterocycles. The maximum atomic E-state index is 14.0. The van der Waals surface area contributed by atoms with E-state index in [0.29, 0.717) is 11.3 Å². The SMILES string of the molecule is COc1cccc(F)c1C(C)N[C@@H](C)c1ccccn1. The number of pyridine rings is 1. The van der Waals surface area contributed by atoms with Crippen molar-refractivity contribution in [2.24, 2.45) is 0 Å². The Morgan fingerprint density at radius 3 is 2.55 bits per heavy atom. The molecule has 0 bridgehead atoms. The molecule has 0 aliphatic heterocycles. The van der Waals surface area contributed by atoms with Crippen LogP contribution in [0.4, 0.5) is 4.39 Å². The van der Waals surface area contributed by atoms with Gasteiger partial charge in [0.2, 0.25) is 0 Å². The predicted octanol–water partition coefficient (Wildman–Crippen LogP) is 3.64. The van der Waals surface area contributed by atoms with Crippen molar-refractivity contribution in [3.8, 4) is 5.75 Å². The summed E-state index contributed by atoms with van der Waals surface area (Å²) in [5.41, 5.74) is 1.47. The number of nitrogens with zero attached hydrogens (tertiary/aromatic N) is 1. The lowest BCUT2D eigenvalue weighted by Gasteiger charge is -2.22. The Kier molecular flexibility index (Phi) is 4.69. The average molecular weight is 274 g/mol. The minimum absolute atomic E-state index is 0.0236. The van der Waals surface area contributed by atoms with Crippen molar-refractivity contribution in [3.63, 3.8) is 0 Å². The third-order valence-corrected chi connectivity index (χ3v) is 3.30. The van der Waals surface area contributed by atoms with E-state index in [9.17, 15) is 4.39 Å². The summed E-state index contributed by atoms with van der Waals surface area (Å²) in [5, 5.41) is 3.35. The molecular weight excluding hydrogens is 255 g/mol. The van der Waals surface area contributed by atoms with Gasteiger partial charge >= 0.3 is 0 Å². The largest absolute Gasteiger partial charge is 0.496 e.